The number of hydrogen-bond donors (Lipinski definition) is 1. The maximum absolute atomic E-state index is 11.9. The van der Waals surface area contributed by atoms with Crippen LogP contribution in [0.4, 0.5) is 5.69 Å². The number of nitrogens with one attached hydrogen (secondary N) is 1. The molecule has 0 saturated heterocycles. The third-order valence-corrected chi connectivity index (χ3v) is 3.33. The summed E-state index contributed by atoms with van der Waals surface area (Å²) >= 11 is 0. The molecule has 1 N–H and O–H groups in total. The summed E-state index contributed by atoms with van der Waals surface area (Å²) in [5, 5.41) is 3.43. The van der Waals surface area contributed by atoms with Gasteiger partial charge in [-0.1, -0.05) is 6.07 Å². The predicted octanol–water partition coefficient (Wildman–Crippen LogP) is 3.41. The average molecular weight is 286 g/mol. The lowest BCUT2D eigenvalue weighted by Crippen LogP contribution is -2.22. The van der Waals surface area contributed by atoms with Crippen LogP contribution < -0.4 is 5.32 Å². The molecule has 0 aliphatic carbocycles. The van der Waals surface area contributed by atoms with Crippen molar-refractivity contribution in [2.45, 2.75) is 25.8 Å². The summed E-state index contributed by atoms with van der Waals surface area (Å²) in [6.45, 7) is 2.13. The second-order valence-corrected chi connectivity index (χ2v) is 5.44. The molecule has 1 atom stereocenters. The lowest BCUT2D eigenvalue weighted by Gasteiger charge is -2.16. The Morgan fingerprint density at radius 2 is 2.10 bits per heavy atom. The molecule has 0 radical (unpaired) electrons. The van der Waals surface area contributed by atoms with Crippen molar-refractivity contribution in [2.24, 2.45) is 0 Å². The summed E-state index contributed by atoms with van der Waals surface area (Å²) in [5.74, 6) is 1.02. The Kier molecular flexibility index (Phi) is 5.04. The number of anilines is 1. The molecule has 1 unspecified atom stereocenters. The molecular weight excluding hydrogens is 264 g/mol. The fourth-order valence-corrected chi connectivity index (χ4v) is 2.17. The van der Waals surface area contributed by atoms with Gasteiger partial charge in [0, 0.05) is 37.8 Å². The molecule has 1 amide bonds. The minimum absolute atomic E-state index is 0.0156. The van der Waals surface area contributed by atoms with Crippen molar-refractivity contribution in [3.63, 3.8) is 0 Å². The van der Waals surface area contributed by atoms with Crippen LogP contribution in [0.25, 0.3) is 0 Å². The molecule has 2 rings (SSSR count). The van der Waals surface area contributed by atoms with Crippen molar-refractivity contribution in [3.8, 4) is 0 Å². The highest BCUT2D eigenvalue weighted by atomic mass is 16.3. The molecule has 4 nitrogen and oxygen atoms in total. The molecule has 112 valence electrons. The van der Waals surface area contributed by atoms with E-state index in [1.54, 1.807) is 25.3 Å². The molecule has 1 heterocycles. The van der Waals surface area contributed by atoms with Crippen LogP contribution in [-0.4, -0.2) is 30.9 Å². The summed E-state index contributed by atoms with van der Waals surface area (Å²) in [5.41, 5.74) is 1.66. The Morgan fingerprint density at radius 3 is 2.76 bits per heavy atom. The van der Waals surface area contributed by atoms with Gasteiger partial charge in [-0.05, 0) is 43.7 Å². The summed E-state index contributed by atoms with van der Waals surface area (Å²) in [6.07, 6.45) is 3.57. The Labute approximate surface area is 125 Å². The first kappa shape index (κ1) is 15.2. The second kappa shape index (κ2) is 6.97. The Bertz CT molecular complexity index is 576. The van der Waals surface area contributed by atoms with Crippen molar-refractivity contribution in [1.29, 1.82) is 0 Å². The van der Waals surface area contributed by atoms with Crippen LogP contribution in [0.1, 0.15) is 29.5 Å². The van der Waals surface area contributed by atoms with Crippen molar-refractivity contribution in [3.05, 3.63) is 54.0 Å². The highest BCUT2D eigenvalue weighted by Gasteiger charge is 2.09. The first-order valence-electron chi connectivity index (χ1n) is 7.17. The highest BCUT2D eigenvalue weighted by molar-refractivity contribution is 5.94. The van der Waals surface area contributed by atoms with Gasteiger partial charge in [-0.3, -0.25) is 4.79 Å². The molecule has 0 aliphatic heterocycles. The van der Waals surface area contributed by atoms with Gasteiger partial charge >= 0.3 is 0 Å². The van der Waals surface area contributed by atoms with E-state index in [1.807, 2.05) is 36.4 Å². The van der Waals surface area contributed by atoms with E-state index in [0.717, 1.165) is 24.3 Å². The molecule has 1 aromatic carbocycles. The molecule has 4 heteroatoms. The number of carbonyl (C=O) groups excluding carboxylic acids is 1. The molecular formula is C17H22N2O2. The largest absolute Gasteiger partial charge is 0.469 e. The lowest BCUT2D eigenvalue weighted by atomic mass is 10.1. The van der Waals surface area contributed by atoms with Crippen LogP contribution in [0, 0.1) is 0 Å². The summed E-state index contributed by atoms with van der Waals surface area (Å²) in [6, 6.07) is 11.8. The normalized spacial score (nSPS) is 12.0. The van der Waals surface area contributed by atoms with Crippen LogP contribution in [0.15, 0.2) is 47.1 Å². The predicted molar refractivity (Wildman–Crippen MR) is 84.6 cm³/mol. The number of carbonyl (C=O) groups is 1. The maximum Gasteiger partial charge on any atom is 0.253 e. The molecule has 1 aromatic heterocycles. The van der Waals surface area contributed by atoms with Gasteiger partial charge in [0.05, 0.1) is 6.26 Å². The Morgan fingerprint density at radius 1 is 1.29 bits per heavy atom. The topological polar surface area (TPSA) is 45.5 Å². The SMILES string of the molecule is CC(CCc1ccco1)Nc1cccc(C(=O)N(C)C)c1. The molecule has 0 spiro atoms. The number of rotatable bonds is 6. The summed E-state index contributed by atoms with van der Waals surface area (Å²) in [7, 11) is 3.52. The number of nitrogens with zero attached hydrogens (tertiary/aromatic N) is 1. The van der Waals surface area contributed by atoms with Gasteiger partial charge < -0.3 is 14.6 Å². The van der Waals surface area contributed by atoms with Crippen LogP contribution in [0.2, 0.25) is 0 Å². The molecule has 2 aromatic rings. The van der Waals surface area contributed by atoms with E-state index >= 15 is 0 Å². The molecule has 0 bridgehead atoms. The smallest absolute Gasteiger partial charge is 0.253 e. The van der Waals surface area contributed by atoms with Gasteiger partial charge in [-0.25, -0.2) is 0 Å². The summed E-state index contributed by atoms with van der Waals surface area (Å²) < 4.78 is 5.33. The lowest BCUT2D eigenvalue weighted by molar-refractivity contribution is 0.0827. The van der Waals surface area contributed by atoms with E-state index in [0.29, 0.717) is 11.6 Å². The standard InChI is InChI=1S/C17H22N2O2/c1-13(9-10-16-8-5-11-21-16)18-15-7-4-6-14(12-15)17(20)19(2)3/h4-8,11-13,18H,9-10H2,1-3H3. The number of benzene rings is 1. The molecule has 21 heavy (non-hydrogen) atoms. The van der Waals surface area contributed by atoms with Crippen molar-refractivity contribution < 1.29 is 9.21 Å². The number of furan rings is 1. The van der Waals surface area contributed by atoms with Gasteiger partial charge in [0.15, 0.2) is 0 Å². The highest BCUT2D eigenvalue weighted by Crippen LogP contribution is 2.15. The first-order chi connectivity index (χ1) is 10.1. The van der Waals surface area contributed by atoms with Gasteiger partial charge in [0.1, 0.15) is 5.76 Å². The zero-order valence-corrected chi connectivity index (χ0v) is 12.8. The zero-order chi connectivity index (χ0) is 15.2. The van der Waals surface area contributed by atoms with E-state index < -0.39 is 0 Å². The van der Waals surface area contributed by atoms with Crippen LogP contribution >= 0.6 is 0 Å². The van der Waals surface area contributed by atoms with E-state index in [1.165, 1.54) is 0 Å². The summed E-state index contributed by atoms with van der Waals surface area (Å²) in [4.78, 5) is 13.5. The van der Waals surface area contributed by atoms with Crippen molar-refractivity contribution in [1.82, 2.24) is 4.90 Å². The fourth-order valence-electron chi connectivity index (χ4n) is 2.17. The van der Waals surface area contributed by atoms with Crippen LogP contribution in [-0.2, 0) is 6.42 Å². The molecule has 0 fully saturated rings. The van der Waals surface area contributed by atoms with Gasteiger partial charge in [-0.2, -0.15) is 0 Å². The van der Waals surface area contributed by atoms with E-state index in [4.69, 9.17) is 4.42 Å². The van der Waals surface area contributed by atoms with Crippen molar-refractivity contribution in [2.75, 3.05) is 19.4 Å². The quantitative estimate of drug-likeness (QED) is 0.885. The van der Waals surface area contributed by atoms with Crippen molar-refractivity contribution >= 4 is 11.6 Å². The van der Waals surface area contributed by atoms with Crippen LogP contribution in [0.5, 0.6) is 0 Å². The first-order valence-corrected chi connectivity index (χ1v) is 7.17. The second-order valence-electron chi connectivity index (χ2n) is 5.44. The number of aryl methyl sites for hydroxylation is 1. The van der Waals surface area contributed by atoms with Gasteiger partial charge in [-0.15, -0.1) is 0 Å². The Hall–Kier alpha value is -2.23. The average Bonchev–Trinajstić information content (AvgIpc) is 2.98. The minimum Gasteiger partial charge on any atom is -0.469 e. The fraction of sp³-hybridized carbons (Fsp3) is 0.353. The van der Waals surface area contributed by atoms with Gasteiger partial charge in [0.25, 0.3) is 5.91 Å². The van der Waals surface area contributed by atoms with E-state index in [2.05, 4.69) is 12.2 Å². The Balaban J connectivity index is 1.92. The monoisotopic (exact) mass is 286 g/mol. The minimum atomic E-state index is 0.0156. The third kappa shape index (κ3) is 4.38. The zero-order valence-electron chi connectivity index (χ0n) is 12.8. The van der Waals surface area contributed by atoms with Crippen LogP contribution in [0.3, 0.4) is 0 Å². The van der Waals surface area contributed by atoms with Gasteiger partial charge in [0.2, 0.25) is 0 Å². The molecule has 0 saturated carbocycles. The van der Waals surface area contributed by atoms with E-state index in [-0.39, 0.29) is 5.91 Å². The maximum atomic E-state index is 11.9. The number of amides is 1. The van der Waals surface area contributed by atoms with E-state index in [9.17, 15) is 4.79 Å². The third-order valence-electron chi connectivity index (χ3n) is 3.33. The number of hydrogen-bond acceptors (Lipinski definition) is 3. The molecule has 0 aliphatic rings.